The Labute approximate surface area is 165 Å². The van der Waals surface area contributed by atoms with Crippen molar-refractivity contribution in [1.29, 1.82) is 0 Å². The predicted octanol–water partition coefficient (Wildman–Crippen LogP) is 3.40. The van der Waals surface area contributed by atoms with Crippen molar-refractivity contribution in [2.75, 3.05) is 12.4 Å². The fraction of sp³-hybridized carbons (Fsp3) is 0.300. The molecular weight excluding hydrogens is 389 g/mol. The molecule has 156 valence electrons. The van der Waals surface area contributed by atoms with Crippen LogP contribution in [0.5, 0.6) is 5.75 Å². The van der Waals surface area contributed by atoms with Gasteiger partial charge in [-0.05, 0) is 50.1 Å². The predicted molar refractivity (Wildman–Crippen MR) is 100 cm³/mol. The fourth-order valence-corrected chi connectivity index (χ4v) is 2.65. The average molecular weight is 410 g/mol. The average Bonchev–Trinajstić information content (AvgIpc) is 3.12. The molecule has 1 fully saturated rings. The molecule has 0 spiro atoms. The summed E-state index contributed by atoms with van der Waals surface area (Å²) in [5.41, 5.74) is 5.11. The zero-order valence-electron chi connectivity index (χ0n) is 15.9. The standard InChI is InChI=1S/C13H15FN2O3.C7H6F2O/c1-7-2-5-11(19-7)13(18)16-8-3-4-10(14)9(6-8)12(15)17;1-10-6-4-2-3-5(8)7(6)9/h3-4,6-7,11H,2,5H2,1H3,(H2,15,17)(H,16,18);2-4H,1H3. The lowest BCUT2D eigenvalue weighted by Crippen LogP contribution is -2.28. The fourth-order valence-electron chi connectivity index (χ4n) is 2.65. The van der Waals surface area contributed by atoms with E-state index in [0.717, 1.165) is 18.6 Å². The van der Waals surface area contributed by atoms with E-state index < -0.39 is 29.5 Å². The Kier molecular flexibility index (Phi) is 7.60. The number of anilines is 1. The second-order valence-electron chi connectivity index (χ2n) is 6.32. The maximum atomic E-state index is 13.3. The summed E-state index contributed by atoms with van der Waals surface area (Å²) in [5, 5.41) is 2.59. The molecule has 2 amide bonds. The second-order valence-corrected chi connectivity index (χ2v) is 6.32. The third-order valence-corrected chi connectivity index (χ3v) is 4.16. The Morgan fingerprint density at radius 2 is 1.86 bits per heavy atom. The van der Waals surface area contributed by atoms with Gasteiger partial charge in [-0.3, -0.25) is 9.59 Å². The van der Waals surface area contributed by atoms with E-state index in [4.69, 9.17) is 10.5 Å². The molecule has 9 heteroatoms. The summed E-state index contributed by atoms with van der Waals surface area (Å²) in [5.74, 6) is -3.79. The van der Waals surface area contributed by atoms with Gasteiger partial charge in [0.1, 0.15) is 11.9 Å². The molecule has 0 radical (unpaired) electrons. The van der Waals surface area contributed by atoms with Crippen LogP contribution in [-0.2, 0) is 9.53 Å². The van der Waals surface area contributed by atoms with Gasteiger partial charge in [-0.2, -0.15) is 4.39 Å². The van der Waals surface area contributed by atoms with Crippen molar-refractivity contribution >= 4 is 17.5 Å². The van der Waals surface area contributed by atoms with E-state index in [1.54, 1.807) is 0 Å². The van der Waals surface area contributed by atoms with Crippen molar-refractivity contribution in [2.24, 2.45) is 5.73 Å². The minimum atomic E-state index is -0.940. The number of methoxy groups -OCH3 is 1. The molecule has 1 saturated heterocycles. The molecule has 2 atom stereocenters. The highest BCUT2D eigenvalue weighted by atomic mass is 19.2. The maximum Gasteiger partial charge on any atom is 0.253 e. The topological polar surface area (TPSA) is 90.7 Å². The third-order valence-electron chi connectivity index (χ3n) is 4.16. The van der Waals surface area contributed by atoms with Crippen LogP contribution in [0.15, 0.2) is 36.4 Å². The molecule has 2 aromatic rings. The number of ether oxygens (including phenoxy) is 2. The lowest BCUT2D eigenvalue weighted by molar-refractivity contribution is -0.126. The van der Waals surface area contributed by atoms with E-state index in [2.05, 4.69) is 10.1 Å². The summed E-state index contributed by atoms with van der Waals surface area (Å²) in [6.07, 6.45) is 1.03. The van der Waals surface area contributed by atoms with Crippen molar-refractivity contribution in [3.8, 4) is 5.75 Å². The number of carbonyl (C=O) groups is 2. The van der Waals surface area contributed by atoms with Crippen molar-refractivity contribution in [2.45, 2.75) is 32.0 Å². The van der Waals surface area contributed by atoms with Gasteiger partial charge in [-0.15, -0.1) is 0 Å². The number of nitrogens with one attached hydrogen (secondary N) is 1. The molecule has 3 rings (SSSR count). The molecule has 1 heterocycles. The van der Waals surface area contributed by atoms with E-state index in [0.29, 0.717) is 12.1 Å². The van der Waals surface area contributed by atoms with Crippen LogP contribution >= 0.6 is 0 Å². The number of nitrogens with two attached hydrogens (primary N) is 1. The summed E-state index contributed by atoms with van der Waals surface area (Å²) in [4.78, 5) is 22.9. The molecule has 0 aliphatic carbocycles. The molecule has 2 unspecified atom stereocenters. The molecule has 0 bridgehead atoms. The molecule has 0 aromatic heterocycles. The van der Waals surface area contributed by atoms with Gasteiger partial charge < -0.3 is 20.5 Å². The Bertz CT molecular complexity index is 892. The number of benzene rings is 2. The third kappa shape index (κ3) is 5.95. The minimum Gasteiger partial charge on any atom is -0.494 e. The Hall–Kier alpha value is -3.07. The van der Waals surface area contributed by atoms with Gasteiger partial charge in [-0.25, -0.2) is 8.78 Å². The largest absolute Gasteiger partial charge is 0.494 e. The summed E-state index contributed by atoms with van der Waals surface area (Å²) >= 11 is 0. The lowest BCUT2D eigenvalue weighted by atomic mass is 10.1. The summed E-state index contributed by atoms with van der Waals surface area (Å²) in [6, 6.07) is 7.47. The first-order chi connectivity index (χ1) is 13.7. The second kappa shape index (κ2) is 9.92. The quantitative estimate of drug-likeness (QED) is 0.808. The number of hydrogen-bond acceptors (Lipinski definition) is 4. The number of primary amides is 1. The van der Waals surface area contributed by atoms with Crippen LogP contribution < -0.4 is 15.8 Å². The summed E-state index contributed by atoms with van der Waals surface area (Å²) in [7, 11) is 1.29. The van der Waals surface area contributed by atoms with Crippen LogP contribution in [-0.4, -0.2) is 31.1 Å². The van der Waals surface area contributed by atoms with Gasteiger partial charge in [0.15, 0.2) is 11.6 Å². The van der Waals surface area contributed by atoms with E-state index in [9.17, 15) is 22.8 Å². The van der Waals surface area contributed by atoms with Crippen LogP contribution in [0.1, 0.15) is 30.1 Å². The zero-order valence-corrected chi connectivity index (χ0v) is 15.9. The van der Waals surface area contributed by atoms with Crippen molar-refractivity contribution in [1.82, 2.24) is 0 Å². The lowest BCUT2D eigenvalue weighted by Gasteiger charge is -2.12. The molecule has 3 N–H and O–H groups in total. The monoisotopic (exact) mass is 410 g/mol. The normalized spacial score (nSPS) is 17.8. The number of rotatable bonds is 4. The Morgan fingerprint density at radius 3 is 2.41 bits per heavy atom. The number of amides is 2. The van der Waals surface area contributed by atoms with E-state index in [1.165, 1.54) is 31.4 Å². The Morgan fingerprint density at radius 1 is 1.14 bits per heavy atom. The van der Waals surface area contributed by atoms with Crippen LogP contribution in [0.3, 0.4) is 0 Å². The molecule has 29 heavy (non-hydrogen) atoms. The van der Waals surface area contributed by atoms with Crippen molar-refractivity contribution in [3.05, 3.63) is 59.4 Å². The van der Waals surface area contributed by atoms with Gasteiger partial charge in [0.05, 0.1) is 18.8 Å². The smallest absolute Gasteiger partial charge is 0.253 e. The molecule has 1 aliphatic heterocycles. The Balaban J connectivity index is 0.000000253. The number of carbonyl (C=O) groups excluding carboxylic acids is 2. The van der Waals surface area contributed by atoms with Gasteiger partial charge in [-0.1, -0.05) is 6.07 Å². The van der Waals surface area contributed by atoms with Gasteiger partial charge in [0.25, 0.3) is 11.8 Å². The SMILES string of the molecule is CC1CCC(C(=O)Nc2ccc(F)c(C(N)=O)c2)O1.COc1cccc(F)c1F. The highest BCUT2D eigenvalue weighted by Crippen LogP contribution is 2.21. The molecular formula is C20H21F3N2O4. The first-order valence-corrected chi connectivity index (χ1v) is 8.76. The highest BCUT2D eigenvalue weighted by molar-refractivity contribution is 5.97. The number of halogens is 3. The van der Waals surface area contributed by atoms with Gasteiger partial charge in [0.2, 0.25) is 5.82 Å². The highest BCUT2D eigenvalue weighted by Gasteiger charge is 2.28. The number of hydrogen-bond donors (Lipinski definition) is 2. The van der Waals surface area contributed by atoms with Crippen LogP contribution in [0.4, 0.5) is 18.9 Å². The molecule has 0 saturated carbocycles. The zero-order chi connectivity index (χ0) is 21.6. The van der Waals surface area contributed by atoms with Crippen LogP contribution in [0, 0.1) is 17.5 Å². The van der Waals surface area contributed by atoms with Gasteiger partial charge in [0, 0.05) is 5.69 Å². The van der Waals surface area contributed by atoms with Crippen LogP contribution in [0.25, 0.3) is 0 Å². The maximum absolute atomic E-state index is 13.3. The molecule has 2 aromatic carbocycles. The van der Waals surface area contributed by atoms with E-state index in [1.807, 2.05) is 6.92 Å². The van der Waals surface area contributed by atoms with E-state index in [-0.39, 0.29) is 23.3 Å². The van der Waals surface area contributed by atoms with Crippen molar-refractivity contribution < 1.29 is 32.2 Å². The first kappa shape index (κ1) is 22.2. The van der Waals surface area contributed by atoms with Crippen molar-refractivity contribution in [3.63, 3.8) is 0 Å². The van der Waals surface area contributed by atoms with E-state index >= 15 is 0 Å². The molecule has 1 aliphatic rings. The first-order valence-electron chi connectivity index (χ1n) is 8.76. The molecule has 6 nitrogen and oxygen atoms in total. The minimum absolute atomic E-state index is 0.0603. The summed E-state index contributed by atoms with van der Waals surface area (Å²) in [6.45, 7) is 1.90. The van der Waals surface area contributed by atoms with Crippen LogP contribution in [0.2, 0.25) is 0 Å². The van der Waals surface area contributed by atoms with Gasteiger partial charge >= 0.3 is 0 Å². The summed E-state index contributed by atoms with van der Waals surface area (Å²) < 4.78 is 48.0.